The fourth-order valence-electron chi connectivity index (χ4n) is 2.61. The smallest absolute Gasteiger partial charge is 0.259 e. The van der Waals surface area contributed by atoms with Gasteiger partial charge in [0.1, 0.15) is 0 Å². The van der Waals surface area contributed by atoms with Gasteiger partial charge in [0.25, 0.3) is 5.89 Å². The SMILES string of the molecule is Clc1ccccc1-c1nc(CNC2CCCCC2)no1. The molecule has 0 saturated heterocycles. The molecule has 20 heavy (non-hydrogen) atoms. The Morgan fingerprint density at radius 2 is 2.00 bits per heavy atom. The summed E-state index contributed by atoms with van der Waals surface area (Å²) in [4.78, 5) is 4.40. The first-order valence-electron chi connectivity index (χ1n) is 7.14. The molecule has 0 radical (unpaired) electrons. The molecular formula is C15H18ClN3O. The first kappa shape index (κ1) is 13.6. The molecule has 1 fully saturated rings. The van der Waals surface area contributed by atoms with Crippen LogP contribution in [-0.4, -0.2) is 16.2 Å². The highest BCUT2D eigenvalue weighted by molar-refractivity contribution is 6.33. The van der Waals surface area contributed by atoms with E-state index in [-0.39, 0.29) is 0 Å². The minimum absolute atomic E-state index is 0.482. The molecular weight excluding hydrogens is 274 g/mol. The summed E-state index contributed by atoms with van der Waals surface area (Å²) in [5.74, 6) is 1.17. The maximum Gasteiger partial charge on any atom is 0.259 e. The first-order valence-corrected chi connectivity index (χ1v) is 7.51. The highest BCUT2D eigenvalue weighted by atomic mass is 35.5. The van der Waals surface area contributed by atoms with E-state index in [9.17, 15) is 0 Å². The minimum Gasteiger partial charge on any atom is -0.334 e. The second kappa shape index (κ2) is 6.37. The van der Waals surface area contributed by atoms with Crippen LogP contribution >= 0.6 is 11.6 Å². The Bertz CT molecular complexity index is 564. The first-order chi connectivity index (χ1) is 9.83. The normalized spacial score (nSPS) is 16.4. The van der Waals surface area contributed by atoms with Gasteiger partial charge >= 0.3 is 0 Å². The summed E-state index contributed by atoms with van der Waals surface area (Å²) in [6, 6.07) is 8.08. The van der Waals surface area contributed by atoms with E-state index in [2.05, 4.69) is 15.5 Å². The number of benzene rings is 1. The van der Waals surface area contributed by atoms with E-state index in [4.69, 9.17) is 16.1 Å². The molecule has 2 aromatic rings. The Morgan fingerprint density at radius 3 is 2.80 bits per heavy atom. The Morgan fingerprint density at radius 1 is 1.20 bits per heavy atom. The summed E-state index contributed by atoms with van der Waals surface area (Å²) < 4.78 is 5.29. The Kier molecular flexibility index (Phi) is 4.33. The third-order valence-electron chi connectivity index (χ3n) is 3.73. The molecule has 0 bridgehead atoms. The maximum absolute atomic E-state index is 6.12. The van der Waals surface area contributed by atoms with Gasteiger partial charge in [-0.05, 0) is 25.0 Å². The Hall–Kier alpha value is -1.39. The Labute approximate surface area is 123 Å². The molecule has 0 atom stereocenters. The van der Waals surface area contributed by atoms with Crippen LogP contribution in [0.4, 0.5) is 0 Å². The molecule has 1 N–H and O–H groups in total. The average molecular weight is 292 g/mol. The van der Waals surface area contributed by atoms with Crippen LogP contribution in [0.3, 0.4) is 0 Å². The molecule has 1 heterocycles. The van der Waals surface area contributed by atoms with E-state index >= 15 is 0 Å². The molecule has 4 nitrogen and oxygen atoms in total. The van der Waals surface area contributed by atoms with Gasteiger partial charge in [-0.25, -0.2) is 0 Å². The fourth-order valence-corrected chi connectivity index (χ4v) is 2.83. The molecule has 1 aliphatic carbocycles. The van der Waals surface area contributed by atoms with Crippen LogP contribution in [0.25, 0.3) is 11.5 Å². The van der Waals surface area contributed by atoms with Crippen LogP contribution in [0.1, 0.15) is 37.9 Å². The second-order valence-electron chi connectivity index (χ2n) is 5.21. The predicted octanol–water partition coefficient (Wildman–Crippen LogP) is 3.81. The van der Waals surface area contributed by atoms with Gasteiger partial charge in [0, 0.05) is 6.04 Å². The number of aromatic nitrogens is 2. The lowest BCUT2D eigenvalue weighted by molar-refractivity contribution is 0.362. The van der Waals surface area contributed by atoms with Crippen molar-refractivity contribution < 1.29 is 4.52 Å². The summed E-state index contributed by atoms with van der Waals surface area (Å²) in [6.07, 6.45) is 6.48. The molecule has 1 aliphatic rings. The molecule has 3 rings (SSSR count). The van der Waals surface area contributed by atoms with Gasteiger partial charge in [0.2, 0.25) is 0 Å². The third kappa shape index (κ3) is 3.19. The van der Waals surface area contributed by atoms with Crippen molar-refractivity contribution in [3.8, 4) is 11.5 Å². The summed E-state index contributed by atoms with van der Waals surface area (Å²) in [6.45, 7) is 0.651. The number of hydrogen-bond donors (Lipinski definition) is 1. The lowest BCUT2D eigenvalue weighted by atomic mass is 9.95. The van der Waals surface area contributed by atoms with Crippen molar-refractivity contribution in [1.29, 1.82) is 0 Å². The standard InChI is InChI=1S/C15H18ClN3O/c16-13-9-5-4-8-12(13)15-18-14(19-20-15)10-17-11-6-2-1-3-7-11/h4-5,8-9,11,17H,1-3,6-7,10H2. The van der Waals surface area contributed by atoms with Gasteiger partial charge in [-0.15, -0.1) is 0 Å². The number of halogens is 1. The Balaban J connectivity index is 1.63. The van der Waals surface area contributed by atoms with Crippen LogP contribution in [0.15, 0.2) is 28.8 Å². The highest BCUT2D eigenvalue weighted by Crippen LogP contribution is 2.25. The number of nitrogens with one attached hydrogen (secondary N) is 1. The van der Waals surface area contributed by atoms with Gasteiger partial charge in [-0.3, -0.25) is 0 Å². The zero-order valence-corrected chi connectivity index (χ0v) is 12.1. The van der Waals surface area contributed by atoms with Crippen LogP contribution in [0.2, 0.25) is 5.02 Å². The van der Waals surface area contributed by atoms with Crippen molar-refractivity contribution in [1.82, 2.24) is 15.5 Å². The molecule has 0 unspecified atom stereocenters. The fraction of sp³-hybridized carbons (Fsp3) is 0.467. The largest absolute Gasteiger partial charge is 0.334 e. The van der Waals surface area contributed by atoms with Gasteiger partial charge < -0.3 is 9.84 Å². The van der Waals surface area contributed by atoms with E-state index in [1.165, 1.54) is 32.1 Å². The zero-order valence-electron chi connectivity index (χ0n) is 11.3. The van der Waals surface area contributed by atoms with Crippen LogP contribution < -0.4 is 5.32 Å². The van der Waals surface area contributed by atoms with E-state index in [0.717, 1.165) is 5.56 Å². The van der Waals surface area contributed by atoms with Crippen molar-refractivity contribution in [2.24, 2.45) is 0 Å². The van der Waals surface area contributed by atoms with Gasteiger partial charge in [0.15, 0.2) is 5.82 Å². The topological polar surface area (TPSA) is 51.0 Å². The second-order valence-corrected chi connectivity index (χ2v) is 5.62. The van der Waals surface area contributed by atoms with E-state index < -0.39 is 0 Å². The lowest BCUT2D eigenvalue weighted by Gasteiger charge is -2.21. The highest BCUT2D eigenvalue weighted by Gasteiger charge is 2.15. The quantitative estimate of drug-likeness (QED) is 0.930. The lowest BCUT2D eigenvalue weighted by Crippen LogP contribution is -2.30. The van der Waals surface area contributed by atoms with Gasteiger partial charge in [0.05, 0.1) is 17.1 Å². The number of rotatable bonds is 4. The summed E-state index contributed by atoms with van der Waals surface area (Å²) in [5.41, 5.74) is 0.783. The molecule has 0 spiro atoms. The average Bonchev–Trinajstić information content (AvgIpc) is 2.95. The molecule has 1 aromatic heterocycles. The van der Waals surface area contributed by atoms with E-state index in [1.807, 2.05) is 24.3 Å². The summed E-state index contributed by atoms with van der Waals surface area (Å²) in [7, 11) is 0. The van der Waals surface area contributed by atoms with Crippen LogP contribution in [0, 0.1) is 0 Å². The maximum atomic E-state index is 6.12. The van der Waals surface area contributed by atoms with Crippen molar-refractivity contribution in [3.63, 3.8) is 0 Å². The molecule has 106 valence electrons. The van der Waals surface area contributed by atoms with Gasteiger partial charge in [-0.1, -0.05) is 48.2 Å². The van der Waals surface area contributed by atoms with Crippen molar-refractivity contribution in [2.45, 2.75) is 44.7 Å². The number of nitrogens with zero attached hydrogens (tertiary/aromatic N) is 2. The molecule has 0 amide bonds. The molecule has 5 heteroatoms. The van der Waals surface area contributed by atoms with Crippen molar-refractivity contribution in [3.05, 3.63) is 35.1 Å². The monoisotopic (exact) mass is 291 g/mol. The third-order valence-corrected chi connectivity index (χ3v) is 4.06. The molecule has 1 aromatic carbocycles. The summed E-state index contributed by atoms with van der Waals surface area (Å²) in [5, 5.41) is 8.14. The molecule has 1 saturated carbocycles. The molecule has 0 aliphatic heterocycles. The zero-order chi connectivity index (χ0) is 13.8. The van der Waals surface area contributed by atoms with Crippen LogP contribution in [-0.2, 0) is 6.54 Å². The van der Waals surface area contributed by atoms with Crippen molar-refractivity contribution >= 4 is 11.6 Å². The minimum atomic E-state index is 0.482. The van der Waals surface area contributed by atoms with Crippen molar-refractivity contribution in [2.75, 3.05) is 0 Å². The van der Waals surface area contributed by atoms with Crippen LogP contribution in [0.5, 0.6) is 0 Å². The summed E-state index contributed by atoms with van der Waals surface area (Å²) >= 11 is 6.12. The van der Waals surface area contributed by atoms with E-state index in [0.29, 0.717) is 29.3 Å². The predicted molar refractivity (Wildman–Crippen MR) is 78.5 cm³/mol. The van der Waals surface area contributed by atoms with E-state index in [1.54, 1.807) is 0 Å². The van der Waals surface area contributed by atoms with Gasteiger partial charge in [-0.2, -0.15) is 4.98 Å². The number of hydrogen-bond acceptors (Lipinski definition) is 4.